The number of hydrogen-bond donors (Lipinski definition) is 2. The van der Waals surface area contributed by atoms with E-state index in [1.807, 2.05) is 44.2 Å². The van der Waals surface area contributed by atoms with Crippen molar-refractivity contribution < 1.29 is 24.2 Å². The van der Waals surface area contributed by atoms with Crippen molar-refractivity contribution in [1.29, 1.82) is 0 Å². The predicted octanol–water partition coefficient (Wildman–Crippen LogP) is 3.08. The van der Waals surface area contributed by atoms with E-state index in [0.29, 0.717) is 31.6 Å². The number of ether oxygens (including phenoxy) is 1. The molecule has 2 N–H and O–H groups in total. The lowest BCUT2D eigenvalue weighted by Crippen LogP contribution is -2.50. The first-order valence-electron chi connectivity index (χ1n) is 10.4. The van der Waals surface area contributed by atoms with Crippen molar-refractivity contribution in [3.05, 3.63) is 64.7 Å². The van der Waals surface area contributed by atoms with Crippen molar-refractivity contribution in [1.82, 2.24) is 10.2 Å². The first-order chi connectivity index (χ1) is 14.8. The van der Waals surface area contributed by atoms with Gasteiger partial charge in [0.15, 0.2) is 0 Å². The molecule has 0 spiro atoms. The van der Waals surface area contributed by atoms with Gasteiger partial charge in [-0.3, -0.25) is 9.59 Å². The summed E-state index contributed by atoms with van der Waals surface area (Å²) in [5.41, 5.74) is 3.13. The molecule has 0 aromatic heterocycles. The molecule has 31 heavy (non-hydrogen) atoms. The smallest absolute Gasteiger partial charge is 0.326 e. The van der Waals surface area contributed by atoms with Gasteiger partial charge in [0.25, 0.3) is 5.91 Å². The van der Waals surface area contributed by atoms with Crippen LogP contribution in [0.3, 0.4) is 0 Å². The minimum Gasteiger partial charge on any atom is -0.488 e. The number of nitrogens with zero attached hydrogens (tertiary/aromatic N) is 1. The molecule has 1 heterocycles. The Hall–Kier alpha value is -3.35. The van der Waals surface area contributed by atoms with Gasteiger partial charge >= 0.3 is 5.97 Å². The number of carboxylic acids is 1. The largest absolute Gasteiger partial charge is 0.488 e. The van der Waals surface area contributed by atoms with Crippen LogP contribution in [0.1, 0.15) is 46.8 Å². The number of likely N-dealkylation sites (tertiary alicyclic amines) is 1. The quantitative estimate of drug-likeness (QED) is 0.712. The molecule has 1 aliphatic rings. The van der Waals surface area contributed by atoms with Crippen LogP contribution in [0.4, 0.5) is 0 Å². The summed E-state index contributed by atoms with van der Waals surface area (Å²) in [5.74, 6) is -1.05. The zero-order valence-electron chi connectivity index (χ0n) is 18.1. The van der Waals surface area contributed by atoms with Gasteiger partial charge in [0, 0.05) is 12.1 Å². The third kappa shape index (κ3) is 5.23. The van der Waals surface area contributed by atoms with Crippen LogP contribution in [-0.2, 0) is 16.2 Å². The molecule has 1 aliphatic heterocycles. The van der Waals surface area contributed by atoms with E-state index < -0.39 is 18.1 Å². The molecule has 0 saturated carbocycles. The minimum absolute atomic E-state index is 0.380. The predicted molar refractivity (Wildman–Crippen MR) is 116 cm³/mol. The number of carbonyl (C=O) groups excluding carboxylic acids is 2. The SMILES string of the molecule is Cc1cc(C(=O)NC(C)C(=O)N2CCCC2C(=O)O)cc(C)c1OCc1ccccc1. The molecule has 0 radical (unpaired) electrons. The normalized spacial score (nSPS) is 16.6. The highest BCUT2D eigenvalue weighted by Gasteiger charge is 2.36. The molecular formula is C24H28N2O5. The zero-order chi connectivity index (χ0) is 22.5. The number of carboxylic acid groups (broad SMARTS) is 1. The van der Waals surface area contributed by atoms with Crippen molar-refractivity contribution in [3.8, 4) is 5.75 Å². The van der Waals surface area contributed by atoms with Gasteiger partial charge in [-0.25, -0.2) is 4.79 Å². The van der Waals surface area contributed by atoms with Crippen LogP contribution >= 0.6 is 0 Å². The maximum Gasteiger partial charge on any atom is 0.326 e. The molecule has 3 rings (SSSR count). The highest BCUT2D eigenvalue weighted by molar-refractivity contribution is 5.98. The molecule has 164 valence electrons. The van der Waals surface area contributed by atoms with E-state index in [1.165, 1.54) is 4.90 Å². The minimum atomic E-state index is -1.01. The molecule has 2 atom stereocenters. The van der Waals surface area contributed by atoms with Crippen LogP contribution in [0.2, 0.25) is 0 Å². The number of benzene rings is 2. The van der Waals surface area contributed by atoms with Gasteiger partial charge in [-0.15, -0.1) is 0 Å². The summed E-state index contributed by atoms with van der Waals surface area (Å²) >= 11 is 0. The molecule has 1 fully saturated rings. The maximum atomic E-state index is 12.7. The summed E-state index contributed by atoms with van der Waals surface area (Å²) in [4.78, 5) is 38.1. The van der Waals surface area contributed by atoms with Gasteiger partial charge in [0.1, 0.15) is 24.4 Å². The van der Waals surface area contributed by atoms with Crippen molar-refractivity contribution >= 4 is 17.8 Å². The second-order valence-corrected chi connectivity index (χ2v) is 7.94. The van der Waals surface area contributed by atoms with Gasteiger partial charge in [0.2, 0.25) is 5.91 Å². The average molecular weight is 424 g/mol. The fraction of sp³-hybridized carbons (Fsp3) is 0.375. The van der Waals surface area contributed by atoms with Gasteiger partial charge in [0.05, 0.1) is 0 Å². The van der Waals surface area contributed by atoms with E-state index >= 15 is 0 Å². The zero-order valence-corrected chi connectivity index (χ0v) is 18.1. The lowest BCUT2D eigenvalue weighted by Gasteiger charge is -2.25. The van der Waals surface area contributed by atoms with E-state index in [-0.39, 0.29) is 11.8 Å². The van der Waals surface area contributed by atoms with E-state index in [9.17, 15) is 19.5 Å². The average Bonchev–Trinajstić information content (AvgIpc) is 3.23. The Morgan fingerprint density at radius 3 is 2.42 bits per heavy atom. The molecule has 1 saturated heterocycles. The number of carbonyl (C=O) groups is 3. The van der Waals surface area contributed by atoms with Crippen molar-refractivity contribution in [2.75, 3.05) is 6.54 Å². The van der Waals surface area contributed by atoms with Gasteiger partial charge < -0.3 is 20.1 Å². The summed E-state index contributed by atoms with van der Waals surface area (Å²) in [5, 5.41) is 12.0. The summed E-state index contributed by atoms with van der Waals surface area (Å²) in [7, 11) is 0. The Kier molecular flexibility index (Phi) is 6.95. The standard InChI is InChI=1S/C24H28N2O5/c1-15-12-19(13-16(2)21(15)31-14-18-8-5-4-6-9-18)22(27)25-17(3)23(28)26-11-7-10-20(26)24(29)30/h4-6,8-9,12-13,17,20H,7,10-11,14H2,1-3H3,(H,25,27)(H,29,30). The van der Waals surface area contributed by atoms with Crippen molar-refractivity contribution in [3.63, 3.8) is 0 Å². The van der Waals surface area contributed by atoms with Crippen molar-refractivity contribution in [2.45, 2.75) is 52.3 Å². The van der Waals surface area contributed by atoms with Crippen LogP contribution in [0.25, 0.3) is 0 Å². The molecule has 7 nitrogen and oxygen atoms in total. The fourth-order valence-electron chi connectivity index (χ4n) is 3.92. The number of hydrogen-bond acceptors (Lipinski definition) is 4. The third-order valence-electron chi connectivity index (χ3n) is 5.49. The van der Waals surface area contributed by atoms with E-state index in [0.717, 1.165) is 22.4 Å². The molecule has 2 aromatic carbocycles. The highest BCUT2D eigenvalue weighted by Crippen LogP contribution is 2.26. The Labute approximate surface area is 182 Å². The summed E-state index contributed by atoms with van der Waals surface area (Å²) in [6.07, 6.45) is 1.08. The highest BCUT2D eigenvalue weighted by atomic mass is 16.5. The molecule has 2 aromatic rings. The molecule has 0 aliphatic carbocycles. The molecule has 0 bridgehead atoms. The molecular weight excluding hydrogens is 396 g/mol. The molecule has 2 unspecified atom stereocenters. The first kappa shape index (κ1) is 22.3. The van der Waals surface area contributed by atoms with E-state index in [1.54, 1.807) is 19.1 Å². The maximum absolute atomic E-state index is 12.7. The Balaban J connectivity index is 1.66. The number of aliphatic carboxylic acids is 1. The number of amides is 2. The second kappa shape index (κ2) is 9.64. The van der Waals surface area contributed by atoms with Gasteiger partial charge in [-0.2, -0.15) is 0 Å². The first-order valence-corrected chi connectivity index (χ1v) is 10.4. The van der Waals surface area contributed by atoms with E-state index in [4.69, 9.17) is 4.74 Å². The Morgan fingerprint density at radius 2 is 1.81 bits per heavy atom. The third-order valence-corrected chi connectivity index (χ3v) is 5.49. The van der Waals surface area contributed by atoms with Crippen LogP contribution in [0.5, 0.6) is 5.75 Å². The summed E-state index contributed by atoms with van der Waals surface area (Å²) in [6.45, 7) is 6.15. The van der Waals surface area contributed by atoms with Crippen LogP contribution < -0.4 is 10.1 Å². The molecule has 7 heteroatoms. The summed E-state index contributed by atoms with van der Waals surface area (Å²) in [6, 6.07) is 11.7. The van der Waals surface area contributed by atoms with Crippen LogP contribution in [0.15, 0.2) is 42.5 Å². The Bertz CT molecular complexity index is 950. The van der Waals surface area contributed by atoms with Gasteiger partial charge in [-0.05, 0) is 62.4 Å². The summed E-state index contributed by atoms with van der Waals surface area (Å²) < 4.78 is 5.96. The fourth-order valence-corrected chi connectivity index (χ4v) is 3.92. The molecule has 2 amide bonds. The number of nitrogens with one attached hydrogen (secondary N) is 1. The monoisotopic (exact) mass is 424 g/mol. The van der Waals surface area contributed by atoms with Gasteiger partial charge in [-0.1, -0.05) is 30.3 Å². The topological polar surface area (TPSA) is 95.9 Å². The Morgan fingerprint density at radius 1 is 1.16 bits per heavy atom. The van der Waals surface area contributed by atoms with Crippen LogP contribution in [0, 0.1) is 13.8 Å². The lowest BCUT2D eigenvalue weighted by atomic mass is 10.0. The van der Waals surface area contributed by atoms with E-state index in [2.05, 4.69) is 5.32 Å². The van der Waals surface area contributed by atoms with Crippen molar-refractivity contribution in [2.24, 2.45) is 0 Å². The second-order valence-electron chi connectivity index (χ2n) is 7.94. The van der Waals surface area contributed by atoms with Crippen LogP contribution in [-0.4, -0.2) is 46.4 Å². The number of rotatable bonds is 7. The number of aryl methyl sites for hydroxylation is 2. The lowest BCUT2D eigenvalue weighted by molar-refractivity contribution is -0.148.